The number of pyridine rings is 2. The van der Waals surface area contributed by atoms with Crippen LogP contribution in [0.15, 0.2) is 67.1 Å². The summed E-state index contributed by atoms with van der Waals surface area (Å²) in [4.78, 5) is 11.4. The van der Waals surface area contributed by atoms with Gasteiger partial charge in [-0.25, -0.2) is 0 Å². The van der Waals surface area contributed by atoms with Crippen LogP contribution in [-0.2, 0) is 6.54 Å². The third-order valence-electron chi connectivity index (χ3n) is 4.99. The van der Waals surface area contributed by atoms with Crippen LogP contribution in [0.3, 0.4) is 0 Å². The Labute approximate surface area is 171 Å². The van der Waals surface area contributed by atoms with Gasteiger partial charge in [-0.15, -0.1) is 0 Å². The van der Waals surface area contributed by atoms with Crippen molar-refractivity contribution < 1.29 is 0 Å². The van der Waals surface area contributed by atoms with Crippen LogP contribution in [0.25, 0.3) is 0 Å². The minimum atomic E-state index is 0.0184. The van der Waals surface area contributed by atoms with E-state index in [1.54, 1.807) is 0 Å². The molecule has 0 aromatic carbocycles. The Morgan fingerprint density at radius 3 is 2.50 bits per heavy atom. The van der Waals surface area contributed by atoms with Gasteiger partial charge in [-0.3, -0.25) is 9.97 Å². The molecule has 1 saturated heterocycles. The first-order valence-corrected chi connectivity index (χ1v) is 10.1. The Bertz CT molecular complexity index is 922. The van der Waals surface area contributed by atoms with Gasteiger partial charge in [-0.05, 0) is 54.5 Å². The summed E-state index contributed by atoms with van der Waals surface area (Å²) in [5.41, 5.74) is 3.26. The van der Waals surface area contributed by atoms with Crippen molar-refractivity contribution in [3.63, 3.8) is 0 Å². The van der Waals surface area contributed by atoms with E-state index in [0.29, 0.717) is 5.92 Å². The molecule has 0 unspecified atom stereocenters. The summed E-state index contributed by atoms with van der Waals surface area (Å²) >= 11 is 5.73. The second kappa shape index (κ2) is 8.10. The first-order chi connectivity index (χ1) is 13.6. The first kappa shape index (κ1) is 18.6. The molecular weight excluding hydrogens is 366 g/mol. The molecule has 3 aromatic rings. The molecule has 2 atom stereocenters. The minimum Gasteiger partial charge on any atom is -0.352 e. The van der Waals surface area contributed by atoms with Crippen LogP contribution in [0.4, 0.5) is 0 Å². The Morgan fingerprint density at radius 1 is 1.04 bits per heavy atom. The van der Waals surface area contributed by atoms with E-state index in [9.17, 15) is 0 Å². The maximum atomic E-state index is 5.73. The Hall–Kier alpha value is -2.73. The number of nitrogens with zero attached hydrogens (tertiary/aromatic N) is 4. The number of nitrogens with one attached hydrogen (secondary N) is 1. The molecule has 0 spiro atoms. The summed E-state index contributed by atoms with van der Waals surface area (Å²) in [6, 6.07) is 16.5. The van der Waals surface area contributed by atoms with Crippen molar-refractivity contribution >= 4 is 17.3 Å². The summed E-state index contributed by atoms with van der Waals surface area (Å²) in [6.07, 6.45) is 5.80. The molecule has 28 heavy (non-hydrogen) atoms. The Balaban J connectivity index is 1.73. The fourth-order valence-electron chi connectivity index (χ4n) is 3.82. The molecule has 144 valence electrons. The van der Waals surface area contributed by atoms with Crippen LogP contribution in [0.1, 0.15) is 43.0 Å². The molecule has 6 heteroatoms. The van der Waals surface area contributed by atoms with E-state index < -0.39 is 0 Å². The molecule has 0 bridgehead atoms. The second-order valence-corrected chi connectivity index (χ2v) is 7.94. The zero-order chi connectivity index (χ0) is 19.5. The van der Waals surface area contributed by atoms with E-state index in [2.05, 4.69) is 69.1 Å². The van der Waals surface area contributed by atoms with Crippen LogP contribution >= 0.6 is 12.2 Å². The average Bonchev–Trinajstić information content (AvgIpc) is 3.27. The predicted octanol–water partition coefficient (Wildman–Crippen LogP) is 3.95. The van der Waals surface area contributed by atoms with E-state index in [0.717, 1.165) is 29.6 Å². The van der Waals surface area contributed by atoms with Gasteiger partial charge in [0.15, 0.2) is 5.11 Å². The molecule has 1 aliphatic rings. The number of hydrogen-bond donors (Lipinski definition) is 1. The quantitative estimate of drug-likeness (QED) is 0.645. The standard InChI is InChI=1S/C22H25N5S/c1-16(2)14-27-21(20(25-22(27)28)18-9-4-6-12-24-18)19-10-7-13-26(19)15-17-8-3-5-11-23-17/h3-13,16,20-21H,14-15H2,1-2H3,(H,25,28)/t20-,21+/m1/s1. The molecule has 1 N–H and O–H groups in total. The highest BCUT2D eigenvalue weighted by atomic mass is 32.1. The summed E-state index contributed by atoms with van der Waals surface area (Å²) in [5, 5.41) is 4.31. The molecule has 4 heterocycles. The van der Waals surface area contributed by atoms with Gasteiger partial charge in [0.2, 0.25) is 0 Å². The van der Waals surface area contributed by atoms with Crippen LogP contribution in [-0.4, -0.2) is 31.1 Å². The lowest BCUT2D eigenvalue weighted by Gasteiger charge is -2.30. The monoisotopic (exact) mass is 391 g/mol. The van der Waals surface area contributed by atoms with Gasteiger partial charge >= 0.3 is 0 Å². The lowest BCUT2D eigenvalue weighted by molar-refractivity contribution is 0.277. The number of rotatable bonds is 6. The van der Waals surface area contributed by atoms with Crippen LogP contribution in [0, 0.1) is 5.92 Å². The maximum absolute atomic E-state index is 5.73. The van der Waals surface area contributed by atoms with Gasteiger partial charge < -0.3 is 14.8 Å². The van der Waals surface area contributed by atoms with Gasteiger partial charge in [0.25, 0.3) is 0 Å². The van der Waals surface area contributed by atoms with Crippen molar-refractivity contribution in [2.24, 2.45) is 5.92 Å². The Morgan fingerprint density at radius 2 is 1.82 bits per heavy atom. The summed E-state index contributed by atoms with van der Waals surface area (Å²) in [6.45, 7) is 6.08. The van der Waals surface area contributed by atoms with Crippen molar-refractivity contribution in [3.8, 4) is 0 Å². The zero-order valence-electron chi connectivity index (χ0n) is 16.2. The van der Waals surface area contributed by atoms with E-state index in [1.165, 1.54) is 5.69 Å². The highest BCUT2D eigenvalue weighted by molar-refractivity contribution is 7.80. The lowest BCUT2D eigenvalue weighted by Crippen LogP contribution is -2.33. The highest BCUT2D eigenvalue weighted by Crippen LogP contribution is 2.39. The fourth-order valence-corrected chi connectivity index (χ4v) is 4.14. The third kappa shape index (κ3) is 3.78. The Kier molecular flexibility index (Phi) is 5.39. The van der Waals surface area contributed by atoms with Gasteiger partial charge in [0, 0.05) is 30.8 Å². The van der Waals surface area contributed by atoms with Crippen molar-refractivity contribution in [1.29, 1.82) is 0 Å². The van der Waals surface area contributed by atoms with Crippen molar-refractivity contribution in [2.45, 2.75) is 32.5 Å². The molecular formula is C22H25N5S. The maximum Gasteiger partial charge on any atom is 0.170 e. The van der Waals surface area contributed by atoms with Crippen LogP contribution in [0.5, 0.6) is 0 Å². The molecule has 5 nitrogen and oxygen atoms in total. The molecule has 1 aliphatic heterocycles. The lowest BCUT2D eigenvalue weighted by atomic mass is 10.0. The topological polar surface area (TPSA) is 46.0 Å². The summed E-state index contributed by atoms with van der Waals surface area (Å²) in [7, 11) is 0. The minimum absolute atomic E-state index is 0.0184. The fraction of sp³-hybridized carbons (Fsp3) is 0.318. The van der Waals surface area contributed by atoms with Gasteiger partial charge in [-0.1, -0.05) is 26.0 Å². The smallest absolute Gasteiger partial charge is 0.170 e. The number of hydrogen-bond acceptors (Lipinski definition) is 3. The van der Waals surface area contributed by atoms with Crippen LogP contribution < -0.4 is 5.32 Å². The largest absolute Gasteiger partial charge is 0.352 e. The van der Waals surface area contributed by atoms with Crippen LogP contribution in [0.2, 0.25) is 0 Å². The van der Waals surface area contributed by atoms with Crippen molar-refractivity contribution in [3.05, 3.63) is 84.2 Å². The van der Waals surface area contributed by atoms with Crippen molar-refractivity contribution in [1.82, 2.24) is 24.8 Å². The zero-order valence-corrected chi connectivity index (χ0v) is 17.0. The first-order valence-electron chi connectivity index (χ1n) is 9.66. The number of thiocarbonyl (C=S) groups is 1. The molecule has 3 aromatic heterocycles. The molecule has 0 saturated carbocycles. The molecule has 0 radical (unpaired) electrons. The van der Waals surface area contributed by atoms with E-state index in [-0.39, 0.29) is 12.1 Å². The van der Waals surface area contributed by atoms with Crippen molar-refractivity contribution in [2.75, 3.05) is 6.54 Å². The van der Waals surface area contributed by atoms with Gasteiger partial charge in [0.05, 0.1) is 30.0 Å². The second-order valence-electron chi connectivity index (χ2n) is 7.55. The predicted molar refractivity (Wildman–Crippen MR) is 115 cm³/mol. The highest BCUT2D eigenvalue weighted by Gasteiger charge is 2.41. The molecule has 0 aliphatic carbocycles. The molecule has 0 amide bonds. The summed E-state index contributed by atoms with van der Waals surface area (Å²) in [5.74, 6) is 0.504. The van der Waals surface area contributed by atoms with E-state index >= 15 is 0 Å². The average molecular weight is 392 g/mol. The van der Waals surface area contributed by atoms with Gasteiger partial charge in [-0.2, -0.15) is 0 Å². The molecule has 4 rings (SSSR count). The van der Waals surface area contributed by atoms with E-state index in [1.807, 2.05) is 36.7 Å². The SMILES string of the molecule is CC(C)CN1C(=S)N[C@H](c2ccccn2)[C@@H]1c1cccn1Cc1ccccn1. The molecule has 1 fully saturated rings. The normalized spacial score (nSPS) is 19.2. The van der Waals surface area contributed by atoms with E-state index in [4.69, 9.17) is 12.2 Å². The van der Waals surface area contributed by atoms with Gasteiger partial charge in [0.1, 0.15) is 0 Å². The third-order valence-corrected chi connectivity index (χ3v) is 5.34. The summed E-state index contributed by atoms with van der Waals surface area (Å²) < 4.78 is 2.27. The number of aromatic nitrogens is 3.